The number of hydrogen-bond acceptors (Lipinski definition) is 7. The van der Waals surface area contributed by atoms with Crippen molar-refractivity contribution in [1.29, 1.82) is 0 Å². The van der Waals surface area contributed by atoms with Crippen LogP contribution >= 0.6 is 7.82 Å². The number of hydroxylamine groups is 6. The van der Waals surface area contributed by atoms with E-state index in [0.29, 0.717) is 19.6 Å². The molecule has 0 aliphatic heterocycles. The first-order valence-electron chi connectivity index (χ1n) is 10.2. The van der Waals surface area contributed by atoms with Crippen LogP contribution in [0.4, 0.5) is 0 Å². The van der Waals surface area contributed by atoms with Crippen LogP contribution in [0.5, 0.6) is 0 Å². The van der Waals surface area contributed by atoms with E-state index in [0.717, 1.165) is 19.3 Å². The number of hydrogen-bond donors (Lipinski definition) is 0. The fourth-order valence-corrected chi connectivity index (χ4v) is 4.08. The first kappa shape index (κ1) is 26.0. The lowest BCUT2D eigenvalue weighted by molar-refractivity contribution is -0.207. The van der Waals surface area contributed by atoms with Gasteiger partial charge in [0, 0.05) is 37.8 Å². The van der Waals surface area contributed by atoms with E-state index in [2.05, 4.69) is 20.8 Å². The molecule has 7 nitrogen and oxygen atoms in total. The van der Waals surface area contributed by atoms with Crippen LogP contribution in [0, 0.1) is 0 Å². The van der Waals surface area contributed by atoms with Crippen molar-refractivity contribution < 1.29 is 18.4 Å². The van der Waals surface area contributed by atoms with Gasteiger partial charge in [0.1, 0.15) is 0 Å². The molecular weight excluding hydrogens is 353 g/mol. The van der Waals surface area contributed by atoms with E-state index in [1.165, 1.54) is 0 Å². The summed E-state index contributed by atoms with van der Waals surface area (Å²) in [6.07, 6.45) is 2.62. The van der Waals surface area contributed by atoms with Crippen LogP contribution in [0.3, 0.4) is 0 Å². The fourth-order valence-electron chi connectivity index (χ4n) is 2.39. The normalized spacial score (nSPS) is 18.3. The summed E-state index contributed by atoms with van der Waals surface area (Å²) in [5.41, 5.74) is 0. The smallest absolute Gasteiger partial charge is 0.223 e. The minimum atomic E-state index is -3.86. The fraction of sp³-hybridized carbons (Fsp3) is 1.00. The largest absolute Gasteiger partial charge is 0.525 e. The standard InChI is InChI=1S/C18H42N3O4P/c1-10-16(7)19(13-4)23-26(22,24-20(14-5)17(8)11-2)25-21(15-6)18(9)12-3/h16-18H,10-15H2,1-9H3. The quantitative estimate of drug-likeness (QED) is 0.277. The van der Waals surface area contributed by atoms with Crippen LogP contribution in [0.2, 0.25) is 0 Å². The molecule has 0 fully saturated rings. The Balaban J connectivity index is 5.57. The van der Waals surface area contributed by atoms with E-state index in [4.69, 9.17) is 13.9 Å². The van der Waals surface area contributed by atoms with Gasteiger partial charge in [0.05, 0.1) is 0 Å². The second kappa shape index (κ2) is 13.2. The molecular formula is C18H42N3O4P. The molecule has 0 spiro atoms. The van der Waals surface area contributed by atoms with Crippen molar-refractivity contribution >= 4 is 7.82 Å². The lowest BCUT2D eigenvalue weighted by Crippen LogP contribution is -2.39. The maximum absolute atomic E-state index is 13.6. The second-order valence-corrected chi connectivity index (χ2v) is 8.05. The summed E-state index contributed by atoms with van der Waals surface area (Å²) < 4.78 is 31.2. The highest BCUT2D eigenvalue weighted by Gasteiger charge is 2.38. The molecule has 0 radical (unpaired) electrons. The molecule has 26 heavy (non-hydrogen) atoms. The molecule has 0 aliphatic carbocycles. The molecule has 0 aromatic rings. The van der Waals surface area contributed by atoms with Gasteiger partial charge in [-0.2, -0.15) is 29.1 Å². The third-order valence-electron chi connectivity index (χ3n) is 4.80. The van der Waals surface area contributed by atoms with Gasteiger partial charge in [-0.1, -0.05) is 41.5 Å². The molecule has 3 unspecified atom stereocenters. The summed E-state index contributed by atoms with van der Waals surface area (Å²) in [6.45, 7) is 20.0. The SMILES string of the molecule is CCC(C)N(CC)OP(=O)(ON(CC)C(C)CC)ON(CC)C(C)CC. The van der Waals surface area contributed by atoms with Gasteiger partial charge in [-0.05, 0) is 40.0 Å². The first-order chi connectivity index (χ1) is 12.2. The van der Waals surface area contributed by atoms with Crippen LogP contribution in [-0.4, -0.2) is 52.9 Å². The van der Waals surface area contributed by atoms with Gasteiger partial charge in [-0.15, -0.1) is 0 Å². The van der Waals surface area contributed by atoms with Crippen molar-refractivity contribution in [2.75, 3.05) is 19.6 Å². The Morgan fingerprint density at radius 3 is 1.00 bits per heavy atom. The van der Waals surface area contributed by atoms with Crippen molar-refractivity contribution in [3.05, 3.63) is 0 Å². The van der Waals surface area contributed by atoms with E-state index in [1.807, 2.05) is 41.5 Å². The average Bonchev–Trinajstić information content (AvgIpc) is 2.66. The zero-order chi connectivity index (χ0) is 20.3. The van der Waals surface area contributed by atoms with Crippen molar-refractivity contribution in [2.45, 2.75) is 99.7 Å². The maximum atomic E-state index is 13.6. The van der Waals surface area contributed by atoms with Crippen molar-refractivity contribution in [3.8, 4) is 0 Å². The van der Waals surface area contributed by atoms with Crippen molar-refractivity contribution in [3.63, 3.8) is 0 Å². The van der Waals surface area contributed by atoms with Crippen molar-refractivity contribution in [2.24, 2.45) is 0 Å². The summed E-state index contributed by atoms with van der Waals surface area (Å²) in [4.78, 5) is 0. The van der Waals surface area contributed by atoms with Gasteiger partial charge >= 0.3 is 7.82 Å². The minimum Gasteiger partial charge on any atom is -0.223 e. The molecule has 0 heterocycles. The molecule has 8 heteroatoms. The van der Waals surface area contributed by atoms with Gasteiger partial charge in [0.25, 0.3) is 0 Å². The van der Waals surface area contributed by atoms with Crippen LogP contribution in [-0.2, 0) is 18.4 Å². The molecule has 3 atom stereocenters. The minimum absolute atomic E-state index is 0.109. The predicted octanol–water partition coefficient (Wildman–Crippen LogP) is 5.25. The second-order valence-electron chi connectivity index (χ2n) is 6.66. The molecule has 0 aromatic heterocycles. The molecule has 0 rings (SSSR count). The topological polar surface area (TPSA) is 54.5 Å². The van der Waals surface area contributed by atoms with Gasteiger partial charge in [-0.25, -0.2) is 4.57 Å². The van der Waals surface area contributed by atoms with E-state index in [1.54, 1.807) is 15.2 Å². The first-order valence-corrected chi connectivity index (χ1v) is 11.7. The summed E-state index contributed by atoms with van der Waals surface area (Å²) >= 11 is 0. The van der Waals surface area contributed by atoms with Gasteiger partial charge in [0.2, 0.25) is 0 Å². The Kier molecular flexibility index (Phi) is 13.2. The van der Waals surface area contributed by atoms with Crippen LogP contribution in [0.15, 0.2) is 0 Å². The monoisotopic (exact) mass is 395 g/mol. The number of phosphoric acid groups is 1. The average molecular weight is 396 g/mol. The Morgan fingerprint density at radius 2 is 0.846 bits per heavy atom. The van der Waals surface area contributed by atoms with E-state index in [-0.39, 0.29) is 18.1 Å². The summed E-state index contributed by atoms with van der Waals surface area (Å²) in [6, 6.07) is 0.327. The number of nitrogens with zero attached hydrogens (tertiary/aromatic N) is 3. The Hall–Kier alpha value is -0.0100. The molecule has 0 aliphatic rings. The Labute approximate surface area is 161 Å². The zero-order valence-corrected chi connectivity index (χ0v) is 19.3. The molecule has 0 N–H and O–H groups in total. The highest BCUT2D eigenvalue weighted by atomic mass is 31.2. The van der Waals surface area contributed by atoms with Crippen molar-refractivity contribution in [1.82, 2.24) is 15.2 Å². The van der Waals surface area contributed by atoms with Gasteiger partial charge in [-0.3, -0.25) is 0 Å². The van der Waals surface area contributed by atoms with E-state index >= 15 is 0 Å². The molecule has 0 saturated carbocycles. The summed E-state index contributed by atoms with van der Waals surface area (Å²) in [7, 11) is -3.86. The Morgan fingerprint density at radius 1 is 0.615 bits per heavy atom. The third-order valence-corrected chi connectivity index (χ3v) is 6.03. The highest BCUT2D eigenvalue weighted by Crippen LogP contribution is 2.53. The maximum Gasteiger partial charge on any atom is 0.525 e. The summed E-state index contributed by atoms with van der Waals surface area (Å²) in [5.74, 6) is 0. The van der Waals surface area contributed by atoms with E-state index in [9.17, 15) is 4.57 Å². The molecule has 0 aromatic carbocycles. The number of rotatable bonds is 15. The molecule has 0 saturated heterocycles. The molecule has 0 amide bonds. The Bertz CT molecular complexity index is 357. The highest BCUT2D eigenvalue weighted by molar-refractivity contribution is 7.48. The van der Waals surface area contributed by atoms with E-state index < -0.39 is 7.82 Å². The third kappa shape index (κ3) is 8.34. The summed E-state index contributed by atoms with van der Waals surface area (Å²) in [5, 5.41) is 5.07. The van der Waals surface area contributed by atoms with Gasteiger partial charge in [0.15, 0.2) is 0 Å². The lowest BCUT2D eigenvalue weighted by Gasteiger charge is -2.36. The molecule has 158 valence electrons. The van der Waals surface area contributed by atoms with Gasteiger partial charge < -0.3 is 0 Å². The van der Waals surface area contributed by atoms with Crippen LogP contribution in [0.25, 0.3) is 0 Å². The van der Waals surface area contributed by atoms with Crippen LogP contribution in [0.1, 0.15) is 81.6 Å². The lowest BCUT2D eigenvalue weighted by atomic mass is 10.2. The predicted molar refractivity (Wildman–Crippen MR) is 107 cm³/mol. The van der Waals surface area contributed by atoms with Crippen LogP contribution < -0.4 is 0 Å². The molecule has 0 bridgehead atoms. The zero-order valence-electron chi connectivity index (χ0n) is 18.4.